The van der Waals surface area contributed by atoms with Crippen LogP contribution < -0.4 is 14.4 Å². The average molecular weight is 726 g/mol. The molecule has 5 aromatic carbocycles. The Kier molecular flexibility index (Phi) is 12.7. The Morgan fingerprint density at radius 2 is 0.920 bits per heavy atom. The van der Waals surface area contributed by atoms with Crippen molar-refractivity contribution in [3.05, 3.63) is 102 Å². The minimum absolute atomic E-state index is 0.402. The van der Waals surface area contributed by atoms with Gasteiger partial charge >= 0.3 is 0 Å². The molecule has 2 saturated heterocycles. The van der Waals surface area contributed by atoms with Gasteiger partial charge in [0, 0.05) is 67.1 Å². The molecule has 0 radical (unpaired) electrons. The first-order valence-electron chi connectivity index (χ1n) is 18.9. The van der Waals surface area contributed by atoms with Crippen molar-refractivity contribution in [2.75, 3.05) is 54.2 Å². The van der Waals surface area contributed by atoms with Crippen LogP contribution in [0.25, 0.3) is 21.5 Å². The number of benzene rings is 5. The second kappa shape index (κ2) is 18.0. The summed E-state index contributed by atoms with van der Waals surface area (Å²) in [6.07, 6.45) is 12.2. The summed E-state index contributed by atoms with van der Waals surface area (Å²) >= 11 is 6.25. The Bertz CT molecular complexity index is 1710. The van der Waals surface area contributed by atoms with Crippen molar-refractivity contribution in [1.82, 2.24) is 0 Å². The van der Waals surface area contributed by atoms with Gasteiger partial charge in [-0.15, -0.1) is 0 Å². The van der Waals surface area contributed by atoms with Crippen LogP contribution in [0.2, 0.25) is 5.02 Å². The van der Waals surface area contributed by atoms with E-state index in [1.165, 1.54) is 85.7 Å². The highest BCUT2D eigenvalue weighted by molar-refractivity contribution is 7.97. The van der Waals surface area contributed by atoms with Gasteiger partial charge in [-0.2, -0.15) is 0 Å². The quantitative estimate of drug-likeness (QED) is 0.0704. The van der Waals surface area contributed by atoms with Gasteiger partial charge in [-0.1, -0.05) is 48.0 Å². The van der Waals surface area contributed by atoms with Crippen molar-refractivity contribution < 1.29 is 9.47 Å². The molecule has 2 aliphatic heterocycles. The highest BCUT2D eigenvalue weighted by Gasteiger charge is 2.30. The van der Waals surface area contributed by atoms with Crippen LogP contribution in [0.5, 0.6) is 11.5 Å². The first kappa shape index (κ1) is 35.4. The minimum Gasteiger partial charge on any atom is -0.493 e. The van der Waals surface area contributed by atoms with Gasteiger partial charge in [-0.25, -0.2) is 0 Å². The smallest absolute Gasteiger partial charge is 0.162 e. The number of hydrogen-bond donors (Lipinski definition) is 0. The lowest BCUT2D eigenvalue weighted by Gasteiger charge is -2.25. The second-order valence-electron chi connectivity index (χ2n) is 13.7. The van der Waals surface area contributed by atoms with Gasteiger partial charge in [-0.3, -0.25) is 0 Å². The predicted octanol–water partition coefficient (Wildman–Crippen LogP) is 11.5. The van der Waals surface area contributed by atoms with Crippen LogP contribution in [-0.4, -0.2) is 49.3 Å². The van der Waals surface area contributed by atoms with E-state index in [0.29, 0.717) is 21.8 Å². The van der Waals surface area contributed by atoms with Gasteiger partial charge in [0.15, 0.2) is 9.79 Å². The molecule has 0 amide bonds. The largest absolute Gasteiger partial charge is 0.493 e. The van der Waals surface area contributed by atoms with Crippen LogP contribution in [-0.2, 0) is 21.8 Å². The molecule has 0 atom stereocenters. The van der Waals surface area contributed by atoms with Crippen LogP contribution in [0, 0.1) is 0 Å². The zero-order chi connectivity index (χ0) is 34.0. The molecule has 0 N–H and O–H groups in total. The maximum atomic E-state index is 6.39. The Morgan fingerprint density at radius 3 is 1.38 bits per heavy atom. The summed E-state index contributed by atoms with van der Waals surface area (Å²) in [5.41, 5.74) is 1.26. The average Bonchev–Trinajstić information content (AvgIpc) is 3.90. The second-order valence-corrected chi connectivity index (χ2v) is 18.6. The SMILES string of the molecule is Clc1ccc(N(CCCCCOc2ccc([S+]3CCCC3)c3ccccc23)CCCCCOc2ccc([S+]3CCCC3)c3ccccc23)cc1. The molecule has 262 valence electrons. The molecule has 0 bridgehead atoms. The normalized spacial score (nSPS) is 15.3. The van der Waals surface area contributed by atoms with Crippen molar-refractivity contribution in [3.63, 3.8) is 0 Å². The number of rotatable bonds is 17. The van der Waals surface area contributed by atoms with Crippen molar-refractivity contribution in [1.29, 1.82) is 0 Å². The van der Waals surface area contributed by atoms with E-state index in [0.717, 1.165) is 81.3 Å². The molecule has 6 heteroatoms. The number of unbranched alkanes of at least 4 members (excludes halogenated alkanes) is 4. The van der Waals surface area contributed by atoms with Crippen molar-refractivity contribution in [2.24, 2.45) is 0 Å². The summed E-state index contributed by atoms with van der Waals surface area (Å²) in [6.45, 7) is 3.60. The highest BCUT2D eigenvalue weighted by atomic mass is 35.5. The van der Waals surface area contributed by atoms with Gasteiger partial charge in [0.25, 0.3) is 0 Å². The third-order valence-corrected chi connectivity index (χ3v) is 15.6. The summed E-state index contributed by atoms with van der Waals surface area (Å²) in [5.74, 6) is 7.45. The maximum absolute atomic E-state index is 6.39. The third kappa shape index (κ3) is 8.89. The summed E-state index contributed by atoms with van der Waals surface area (Å²) in [7, 11) is 0.804. The predicted molar refractivity (Wildman–Crippen MR) is 219 cm³/mol. The van der Waals surface area contributed by atoms with E-state index < -0.39 is 0 Å². The molecule has 0 unspecified atom stereocenters. The van der Waals surface area contributed by atoms with E-state index in [9.17, 15) is 0 Å². The van der Waals surface area contributed by atoms with E-state index in [1.807, 2.05) is 12.1 Å². The Labute approximate surface area is 310 Å². The first-order chi connectivity index (χ1) is 24.7. The topological polar surface area (TPSA) is 21.7 Å². The number of anilines is 1. The number of fused-ring (bicyclic) bond motifs is 2. The lowest BCUT2D eigenvalue weighted by Crippen LogP contribution is -2.25. The summed E-state index contributed by atoms with van der Waals surface area (Å²) in [5, 5.41) is 6.12. The Morgan fingerprint density at radius 1 is 0.480 bits per heavy atom. The molecular weight excluding hydrogens is 674 g/mol. The summed E-state index contributed by atoms with van der Waals surface area (Å²) in [6, 6.07) is 35.2. The monoisotopic (exact) mass is 725 g/mol. The van der Waals surface area contributed by atoms with Gasteiger partial charge < -0.3 is 14.4 Å². The van der Waals surface area contributed by atoms with Crippen LogP contribution in [0.1, 0.15) is 64.2 Å². The van der Waals surface area contributed by atoms with E-state index in [2.05, 4.69) is 89.8 Å². The molecule has 0 aliphatic carbocycles. The zero-order valence-electron chi connectivity index (χ0n) is 29.4. The summed E-state index contributed by atoms with van der Waals surface area (Å²) < 4.78 is 12.8. The molecule has 7 rings (SSSR count). The number of ether oxygens (including phenoxy) is 2. The molecule has 2 fully saturated rings. The molecule has 0 aromatic heterocycles. The molecule has 3 nitrogen and oxygen atoms in total. The molecule has 5 aromatic rings. The van der Waals surface area contributed by atoms with Crippen molar-refractivity contribution >= 4 is 60.6 Å². The fraction of sp³-hybridized carbons (Fsp3) is 0.409. The van der Waals surface area contributed by atoms with Gasteiger partial charge in [0.2, 0.25) is 0 Å². The van der Waals surface area contributed by atoms with Gasteiger partial charge in [-0.05, 0) is 125 Å². The number of halogens is 1. The zero-order valence-corrected chi connectivity index (χ0v) is 31.8. The minimum atomic E-state index is 0.402. The van der Waals surface area contributed by atoms with Crippen LogP contribution in [0.3, 0.4) is 0 Å². The van der Waals surface area contributed by atoms with E-state index in [4.69, 9.17) is 21.1 Å². The fourth-order valence-corrected chi connectivity index (χ4v) is 12.7. The number of nitrogens with zero attached hydrogens (tertiary/aromatic N) is 1. The molecule has 0 saturated carbocycles. The third-order valence-electron chi connectivity index (χ3n) is 10.2. The molecule has 0 spiro atoms. The van der Waals surface area contributed by atoms with Crippen LogP contribution in [0.15, 0.2) is 107 Å². The number of hydrogen-bond acceptors (Lipinski definition) is 3. The lowest BCUT2D eigenvalue weighted by molar-refractivity contribution is 0.307. The van der Waals surface area contributed by atoms with Crippen molar-refractivity contribution in [3.8, 4) is 11.5 Å². The Hall–Kier alpha value is -2.99. The standard InChI is InChI=1S/C44H52ClNO2S2/c45-35-19-21-36(22-20-35)46(27-7-1-9-29-47-41-23-25-43(49-31-11-12-32-49)39-17-5-3-15-37(39)41)28-8-2-10-30-48-42-24-26-44(50-33-13-14-34-50)40-18-6-4-16-38(40)42/h3-6,15-26H,1-2,7-14,27-34H2/q+2. The van der Waals surface area contributed by atoms with Crippen LogP contribution in [0.4, 0.5) is 5.69 Å². The lowest BCUT2D eigenvalue weighted by atomic mass is 10.1. The molecule has 2 aliphatic rings. The first-order valence-corrected chi connectivity index (χ1v) is 22.4. The van der Waals surface area contributed by atoms with E-state index >= 15 is 0 Å². The van der Waals surface area contributed by atoms with Crippen molar-refractivity contribution in [2.45, 2.75) is 74.0 Å². The maximum Gasteiger partial charge on any atom is 0.162 e. The van der Waals surface area contributed by atoms with E-state index in [-0.39, 0.29) is 0 Å². The van der Waals surface area contributed by atoms with Gasteiger partial charge in [0.05, 0.1) is 13.2 Å². The molecule has 50 heavy (non-hydrogen) atoms. The molecule has 2 heterocycles. The Balaban J connectivity index is 0.863. The van der Waals surface area contributed by atoms with Gasteiger partial charge in [0.1, 0.15) is 34.5 Å². The highest BCUT2D eigenvalue weighted by Crippen LogP contribution is 2.36. The van der Waals surface area contributed by atoms with E-state index in [1.54, 1.807) is 0 Å². The fourth-order valence-electron chi connectivity index (χ4n) is 7.54. The summed E-state index contributed by atoms with van der Waals surface area (Å²) in [4.78, 5) is 5.61. The molecular formula is C44H52ClNO2S2+2. The van der Waals surface area contributed by atoms with Crippen LogP contribution >= 0.6 is 11.6 Å².